The number of nitrogens with one attached hydrogen (secondary N) is 1. The van der Waals surface area contributed by atoms with Gasteiger partial charge in [-0.2, -0.15) is 9.89 Å². The fourth-order valence-corrected chi connectivity index (χ4v) is 4.53. The lowest BCUT2D eigenvalue weighted by Gasteiger charge is -2.21. The Morgan fingerprint density at radius 3 is 2.52 bits per heavy atom. The average Bonchev–Trinajstić information content (AvgIpc) is 3.62. The van der Waals surface area contributed by atoms with Gasteiger partial charge in [0.15, 0.2) is 23.2 Å². The first-order valence-electron chi connectivity index (χ1n) is 12.6. The van der Waals surface area contributed by atoms with Gasteiger partial charge >= 0.3 is 11.9 Å². The van der Waals surface area contributed by atoms with E-state index < -0.39 is 35.4 Å². The number of pyridine rings is 1. The van der Waals surface area contributed by atoms with E-state index in [4.69, 9.17) is 4.74 Å². The Labute approximate surface area is 236 Å². The summed E-state index contributed by atoms with van der Waals surface area (Å²) in [5.74, 6) is -4.11. The second-order valence-corrected chi connectivity index (χ2v) is 9.59. The number of hydrogen-bond donors (Lipinski definition) is 1. The molecule has 0 saturated heterocycles. The van der Waals surface area contributed by atoms with Gasteiger partial charge in [0.1, 0.15) is 17.0 Å². The molecule has 0 bridgehead atoms. The van der Waals surface area contributed by atoms with Gasteiger partial charge in [0.05, 0.1) is 31.5 Å². The maximum Gasteiger partial charge on any atom is 0.505 e. The summed E-state index contributed by atoms with van der Waals surface area (Å²) in [7, 11) is 3.23. The van der Waals surface area contributed by atoms with E-state index in [9.17, 15) is 18.8 Å². The number of halogens is 2. The van der Waals surface area contributed by atoms with Gasteiger partial charge in [-0.3, -0.25) is 4.79 Å². The highest BCUT2D eigenvalue weighted by atomic mass is 19.1. The van der Waals surface area contributed by atoms with Crippen LogP contribution in [0.5, 0.6) is 11.5 Å². The normalized spacial score (nSPS) is 15.2. The minimum Gasteiger partial charge on any atom is -0.452 e. The van der Waals surface area contributed by atoms with Gasteiger partial charge < -0.3 is 14.6 Å². The average molecular weight is 571 g/mol. The Bertz CT molecular complexity index is 1910. The molecule has 1 atom stereocenters. The molecule has 1 unspecified atom stereocenters. The number of hydrogen-bond acceptors (Lipinski definition) is 6. The van der Waals surface area contributed by atoms with E-state index in [1.165, 1.54) is 37.5 Å². The molecule has 0 aliphatic carbocycles. The summed E-state index contributed by atoms with van der Waals surface area (Å²) in [6.07, 6.45) is 8.02. The van der Waals surface area contributed by atoms with E-state index in [0.717, 1.165) is 27.7 Å². The van der Waals surface area contributed by atoms with Crippen LogP contribution < -0.4 is 15.0 Å². The zero-order valence-electron chi connectivity index (χ0n) is 22.2. The van der Waals surface area contributed by atoms with E-state index in [-0.39, 0.29) is 17.1 Å². The summed E-state index contributed by atoms with van der Waals surface area (Å²) in [4.78, 5) is 44.0. The lowest BCUT2D eigenvalue weighted by Crippen LogP contribution is -2.53. The molecule has 0 spiro atoms. The minimum absolute atomic E-state index is 0.0654. The van der Waals surface area contributed by atoms with Crippen LogP contribution in [0.25, 0.3) is 16.8 Å². The van der Waals surface area contributed by atoms with Gasteiger partial charge in [0.25, 0.3) is 0 Å². The predicted octanol–water partition coefficient (Wildman–Crippen LogP) is 4.24. The molecule has 4 amide bonds. The van der Waals surface area contributed by atoms with Gasteiger partial charge in [-0.05, 0) is 48.5 Å². The predicted molar refractivity (Wildman–Crippen MR) is 148 cm³/mol. The molecule has 210 valence electrons. The van der Waals surface area contributed by atoms with Crippen LogP contribution in [0.3, 0.4) is 0 Å². The van der Waals surface area contributed by atoms with Crippen molar-refractivity contribution in [3.8, 4) is 22.8 Å². The number of fused-ring (bicyclic) bond motifs is 1. The molecule has 5 aromatic rings. The molecule has 11 nitrogen and oxygen atoms in total. The number of anilines is 2. The van der Waals surface area contributed by atoms with Crippen molar-refractivity contribution in [1.29, 1.82) is 0 Å². The molecule has 1 aliphatic heterocycles. The van der Waals surface area contributed by atoms with Gasteiger partial charge in [-0.1, -0.05) is 0 Å². The van der Waals surface area contributed by atoms with E-state index in [2.05, 4.69) is 15.4 Å². The quantitative estimate of drug-likeness (QED) is 0.241. The number of urea groups is 1. The van der Waals surface area contributed by atoms with Crippen LogP contribution in [0.2, 0.25) is 0 Å². The van der Waals surface area contributed by atoms with Crippen LogP contribution in [0.4, 0.5) is 25.0 Å². The molecule has 2 aromatic carbocycles. The summed E-state index contributed by atoms with van der Waals surface area (Å²) in [5.41, 5.74) is 2.16. The number of nitrogens with zero attached hydrogens (tertiary/aromatic N) is 6. The zero-order valence-corrected chi connectivity index (χ0v) is 22.2. The Kier molecular flexibility index (Phi) is 6.53. The Morgan fingerprint density at radius 2 is 1.81 bits per heavy atom. The van der Waals surface area contributed by atoms with Crippen molar-refractivity contribution in [2.24, 2.45) is 13.0 Å². The van der Waals surface area contributed by atoms with Crippen molar-refractivity contribution in [1.82, 2.24) is 19.2 Å². The van der Waals surface area contributed by atoms with Crippen molar-refractivity contribution in [3.63, 3.8) is 0 Å². The van der Waals surface area contributed by atoms with Gasteiger partial charge in [-0.15, -0.1) is 4.90 Å². The maximum atomic E-state index is 15.2. The second-order valence-electron chi connectivity index (χ2n) is 9.59. The van der Waals surface area contributed by atoms with Crippen molar-refractivity contribution < 1.29 is 32.5 Å². The number of aryl methyl sites for hydroxylation is 1. The summed E-state index contributed by atoms with van der Waals surface area (Å²) in [6.45, 7) is 0. The molecule has 1 N–H and O–H groups in total. The molecule has 13 heteroatoms. The number of ether oxygens (including phenoxy) is 1. The molecule has 42 heavy (non-hydrogen) atoms. The molecular weight excluding hydrogens is 548 g/mol. The third-order valence-electron chi connectivity index (χ3n) is 6.61. The third kappa shape index (κ3) is 4.87. The molecule has 4 heterocycles. The first kappa shape index (κ1) is 26.5. The van der Waals surface area contributed by atoms with Crippen LogP contribution >= 0.6 is 0 Å². The van der Waals surface area contributed by atoms with Crippen LogP contribution in [-0.4, -0.2) is 54.8 Å². The largest absolute Gasteiger partial charge is 0.505 e. The summed E-state index contributed by atoms with van der Waals surface area (Å²) < 4.78 is 39.0. The minimum atomic E-state index is -1.40. The number of imide groups is 1. The molecule has 1 aliphatic rings. The fourth-order valence-electron chi connectivity index (χ4n) is 4.53. The topological polar surface area (TPSA) is 114 Å². The lowest BCUT2D eigenvalue weighted by atomic mass is 10.1. The molecular formula is C29H22F2N7O4+. The van der Waals surface area contributed by atoms with Crippen LogP contribution in [0.1, 0.15) is 0 Å². The maximum absolute atomic E-state index is 15.2. The fraction of sp³-hybridized carbons (Fsp3) is 0.103. The van der Waals surface area contributed by atoms with Crippen molar-refractivity contribution in [3.05, 3.63) is 91.1 Å². The summed E-state index contributed by atoms with van der Waals surface area (Å²) in [6, 6.07) is 11.3. The number of rotatable bonds is 6. The standard InChI is InChI=1S/C29H21F2N7O4/c1-35-15-23(32-16-35)17-11-26(24-9-10-33-37(24)13-17)42-25-8-5-19(12-22(25)31)34-27(39)21-14-36(2)29(41)38(28(21)40)20-6-3-18(30)4-7-20/h3-16,21H,1-2H3/p+1. The SMILES string of the molecule is Cn1cnc(-c2cc(Oc3ccc(NC(=O)C4C=[N+](C)C(=O)N(c5ccc(F)cc5)C4=O)cc3F)c3ccnn3c2)c1. The molecule has 0 radical (unpaired) electrons. The number of amides is 4. The number of imidazole rings is 1. The highest BCUT2D eigenvalue weighted by Crippen LogP contribution is 2.33. The van der Waals surface area contributed by atoms with E-state index in [1.54, 1.807) is 39.9 Å². The van der Waals surface area contributed by atoms with Crippen molar-refractivity contribution in [2.45, 2.75) is 0 Å². The van der Waals surface area contributed by atoms with Crippen molar-refractivity contribution in [2.75, 3.05) is 17.3 Å². The number of aromatic nitrogens is 4. The van der Waals surface area contributed by atoms with E-state index in [0.29, 0.717) is 22.5 Å². The number of benzene rings is 2. The van der Waals surface area contributed by atoms with Crippen LogP contribution in [0.15, 0.2) is 79.5 Å². The summed E-state index contributed by atoms with van der Waals surface area (Å²) >= 11 is 0. The molecule has 0 fully saturated rings. The van der Waals surface area contributed by atoms with Gasteiger partial charge in [0, 0.05) is 36.8 Å². The Hall–Kier alpha value is -5.72. The highest BCUT2D eigenvalue weighted by Gasteiger charge is 2.46. The van der Waals surface area contributed by atoms with Crippen LogP contribution in [0, 0.1) is 17.6 Å². The molecule has 0 saturated carbocycles. The van der Waals surface area contributed by atoms with Crippen LogP contribution in [-0.2, 0) is 16.6 Å². The monoisotopic (exact) mass is 570 g/mol. The Balaban J connectivity index is 1.23. The first-order chi connectivity index (χ1) is 20.2. The second kappa shape index (κ2) is 10.4. The Morgan fingerprint density at radius 1 is 1.02 bits per heavy atom. The lowest BCUT2D eigenvalue weighted by molar-refractivity contribution is -0.389. The van der Waals surface area contributed by atoms with Crippen molar-refractivity contribution >= 4 is 41.0 Å². The molecule has 3 aromatic heterocycles. The first-order valence-corrected chi connectivity index (χ1v) is 12.6. The van der Waals surface area contributed by atoms with Gasteiger partial charge in [-0.25, -0.2) is 27.7 Å². The van der Waals surface area contributed by atoms with Gasteiger partial charge in [0.2, 0.25) is 5.91 Å². The zero-order chi connectivity index (χ0) is 29.5. The van der Waals surface area contributed by atoms with E-state index >= 15 is 4.39 Å². The number of carbonyl (C=O) groups excluding carboxylic acids is 3. The molecule has 6 rings (SSSR count). The third-order valence-corrected chi connectivity index (χ3v) is 6.61. The highest BCUT2D eigenvalue weighted by molar-refractivity contribution is 6.28. The number of carbonyl (C=O) groups is 3. The smallest absolute Gasteiger partial charge is 0.452 e. The van der Waals surface area contributed by atoms with E-state index in [1.807, 2.05) is 13.2 Å². The summed E-state index contributed by atoms with van der Waals surface area (Å²) in [5, 5.41) is 6.77.